The summed E-state index contributed by atoms with van der Waals surface area (Å²) in [6, 6.07) is 0. The lowest BCUT2D eigenvalue weighted by molar-refractivity contribution is -0.206. The van der Waals surface area contributed by atoms with Gasteiger partial charge >= 0.3 is 5.97 Å². The Hall–Kier alpha value is -1.14. The second-order valence-corrected chi connectivity index (χ2v) is 4.50. The summed E-state index contributed by atoms with van der Waals surface area (Å²) in [5.74, 6) is -0.869. The molecule has 2 heterocycles. The Bertz CT molecular complexity index is 323. The van der Waals surface area contributed by atoms with Crippen LogP contribution >= 0.6 is 0 Å². The van der Waals surface area contributed by atoms with Crippen LogP contribution < -0.4 is 5.32 Å². The van der Waals surface area contributed by atoms with Crippen LogP contribution in [0, 0.1) is 5.92 Å². The third kappa shape index (κ3) is 1.81. The molecule has 2 aliphatic rings. The molecule has 2 fully saturated rings. The predicted octanol–water partition coefficient (Wildman–Crippen LogP) is -0.308. The van der Waals surface area contributed by atoms with E-state index in [-0.39, 0.29) is 18.3 Å². The number of methoxy groups -OCH3 is 1. The predicted molar refractivity (Wildman–Crippen MR) is 58.8 cm³/mol. The fourth-order valence-corrected chi connectivity index (χ4v) is 2.98. The molecule has 1 spiro atoms. The first-order valence-corrected chi connectivity index (χ1v) is 5.81. The van der Waals surface area contributed by atoms with E-state index in [4.69, 9.17) is 9.57 Å². The van der Waals surface area contributed by atoms with Crippen molar-refractivity contribution in [2.24, 2.45) is 5.92 Å². The fraction of sp³-hybridized carbons (Fsp3) is 0.818. The number of nitrogens with zero attached hydrogens (tertiary/aromatic N) is 1. The fourth-order valence-electron chi connectivity index (χ4n) is 2.98. The number of amides is 1. The van der Waals surface area contributed by atoms with Gasteiger partial charge in [0.2, 0.25) is 5.91 Å². The minimum Gasteiger partial charge on any atom is -0.469 e. The van der Waals surface area contributed by atoms with Crippen molar-refractivity contribution in [1.29, 1.82) is 0 Å². The van der Waals surface area contributed by atoms with Gasteiger partial charge in [0.05, 0.1) is 25.7 Å². The van der Waals surface area contributed by atoms with E-state index in [1.807, 2.05) is 0 Å². The van der Waals surface area contributed by atoms with Crippen molar-refractivity contribution in [1.82, 2.24) is 10.4 Å². The molecule has 2 saturated heterocycles. The molecule has 0 aromatic rings. The molecule has 1 N–H and O–H groups in total. The molecule has 0 unspecified atom stereocenters. The number of rotatable bonds is 2. The zero-order valence-electron chi connectivity index (χ0n) is 10.2. The third-order valence-electron chi connectivity index (χ3n) is 3.80. The minimum atomic E-state index is -0.524. The van der Waals surface area contributed by atoms with Gasteiger partial charge in [-0.3, -0.25) is 14.4 Å². The summed E-state index contributed by atoms with van der Waals surface area (Å²) in [5.41, 5.74) is -0.524. The molecule has 0 saturated carbocycles. The maximum atomic E-state index is 11.9. The molecule has 2 aliphatic heterocycles. The first kappa shape index (κ1) is 12.3. The van der Waals surface area contributed by atoms with Crippen LogP contribution in [0.15, 0.2) is 0 Å². The van der Waals surface area contributed by atoms with E-state index in [0.717, 1.165) is 13.1 Å². The summed E-state index contributed by atoms with van der Waals surface area (Å²) in [6.45, 7) is 1.56. The number of piperidine rings is 1. The summed E-state index contributed by atoms with van der Waals surface area (Å²) in [5, 5.41) is 4.61. The summed E-state index contributed by atoms with van der Waals surface area (Å²) in [6.07, 6.45) is 1.61. The topological polar surface area (TPSA) is 67.9 Å². The lowest BCUT2D eigenvalue weighted by Gasteiger charge is -2.42. The number of esters is 1. The standard InChI is InChI=1S/C11H18N2O4/c1-16-10(15)8-7-9(14)13(17-2)11(8)3-5-12-6-4-11/h8,12H,3-7H2,1-2H3/t8-/m0/s1. The van der Waals surface area contributed by atoms with Gasteiger partial charge in [0.15, 0.2) is 0 Å². The van der Waals surface area contributed by atoms with Crippen LogP contribution in [0.3, 0.4) is 0 Å². The second kappa shape index (κ2) is 4.62. The molecular weight excluding hydrogens is 224 g/mol. The van der Waals surface area contributed by atoms with Crippen molar-refractivity contribution in [2.75, 3.05) is 27.3 Å². The smallest absolute Gasteiger partial charge is 0.311 e. The van der Waals surface area contributed by atoms with Gasteiger partial charge in [-0.2, -0.15) is 0 Å². The molecule has 17 heavy (non-hydrogen) atoms. The largest absolute Gasteiger partial charge is 0.469 e. The maximum Gasteiger partial charge on any atom is 0.311 e. The molecule has 0 aromatic heterocycles. The van der Waals surface area contributed by atoms with Gasteiger partial charge < -0.3 is 10.1 Å². The van der Waals surface area contributed by atoms with Crippen LogP contribution in [0.2, 0.25) is 0 Å². The zero-order chi connectivity index (χ0) is 12.5. The number of nitrogens with one attached hydrogen (secondary N) is 1. The third-order valence-corrected chi connectivity index (χ3v) is 3.80. The second-order valence-electron chi connectivity index (χ2n) is 4.50. The van der Waals surface area contributed by atoms with Crippen LogP contribution in [-0.4, -0.2) is 49.8 Å². The summed E-state index contributed by atoms with van der Waals surface area (Å²) in [7, 11) is 2.83. The van der Waals surface area contributed by atoms with Crippen LogP contribution in [0.25, 0.3) is 0 Å². The number of hydrogen-bond donors (Lipinski definition) is 1. The van der Waals surface area contributed by atoms with Crippen LogP contribution in [0.1, 0.15) is 19.3 Å². The highest BCUT2D eigenvalue weighted by molar-refractivity contribution is 5.88. The molecular formula is C11H18N2O4. The average Bonchev–Trinajstić information content (AvgIpc) is 2.62. The molecule has 96 valence electrons. The maximum absolute atomic E-state index is 11.9. The molecule has 6 nitrogen and oxygen atoms in total. The molecule has 6 heteroatoms. The van der Waals surface area contributed by atoms with Crippen molar-refractivity contribution >= 4 is 11.9 Å². The first-order valence-electron chi connectivity index (χ1n) is 5.81. The van der Waals surface area contributed by atoms with E-state index in [9.17, 15) is 9.59 Å². The highest BCUT2D eigenvalue weighted by Crippen LogP contribution is 2.42. The van der Waals surface area contributed by atoms with Crippen molar-refractivity contribution in [3.63, 3.8) is 0 Å². The molecule has 0 aliphatic carbocycles. The Labute approximate surface area is 100 Å². The number of hydroxylamine groups is 2. The Morgan fingerprint density at radius 2 is 2.06 bits per heavy atom. The van der Waals surface area contributed by atoms with Crippen molar-refractivity contribution in [3.05, 3.63) is 0 Å². The van der Waals surface area contributed by atoms with E-state index in [1.54, 1.807) is 0 Å². The normalized spacial score (nSPS) is 27.5. The Morgan fingerprint density at radius 3 is 2.59 bits per heavy atom. The van der Waals surface area contributed by atoms with Gasteiger partial charge in [-0.25, -0.2) is 5.06 Å². The molecule has 1 atom stereocenters. The lowest BCUT2D eigenvalue weighted by Crippen LogP contribution is -2.56. The van der Waals surface area contributed by atoms with Gasteiger partial charge in [0.25, 0.3) is 0 Å². The average molecular weight is 242 g/mol. The highest BCUT2D eigenvalue weighted by atomic mass is 16.7. The van der Waals surface area contributed by atoms with Crippen LogP contribution in [0.5, 0.6) is 0 Å². The SMILES string of the molecule is COC(=O)[C@@H]1CC(=O)N(OC)C12CCNCC2. The van der Waals surface area contributed by atoms with Gasteiger partial charge in [-0.05, 0) is 25.9 Å². The molecule has 2 rings (SSSR count). The minimum absolute atomic E-state index is 0.134. The van der Waals surface area contributed by atoms with E-state index in [2.05, 4.69) is 5.32 Å². The zero-order valence-corrected chi connectivity index (χ0v) is 10.2. The van der Waals surface area contributed by atoms with E-state index in [0.29, 0.717) is 12.8 Å². The van der Waals surface area contributed by atoms with Crippen LogP contribution in [0.4, 0.5) is 0 Å². The quantitative estimate of drug-likeness (QED) is 0.673. The number of hydrogen-bond acceptors (Lipinski definition) is 5. The highest BCUT2D eigenvalue weighted by Gasteiger charge is 2.57. The Kier molecular flexibility index (Phi) is 3.35. The van der Waals surface area contributed by atoms with Crippen molar-refractivity contribution in [2.45, 2.75) is 24.8 Å². The van der Waals surface area contributed by atoms with E-state index < -0.39 is 11.5 Å². The van der Waals surface area contributed by atoms with Gasteiger partial charge in [-0.1, -0.05) is 0 Å². The van der Waals surface area contributed by atoms with Gasteiger partial charge in [0.1, 0.15) is 0 Å². The number of ether oxygens (including phenoxy) is 1. The Morgan fingerprint density at radius 1 is 1.41 bits per heavy atom. The number of carbonyl (C=O) groups is 2. The lowest BCUT2D eigenvalue weighted by atomic mass is 9.78. The Balaban J connectivity index is 2.32. The molecule has 1 amide bonds. The van der Waals surface area contributed by atoms with Crippen molar-refractivity contribution < 1.29 is 19.2 Å². The molecule has 0 bridgehead atoms. The monoisotopic (exact) mass is 242 g/mol. The van der Waals surface area contributed by atoms with Gasteiger partial charge in [0, 0.05) is 6.42 Å². The van der Waals surface area contributed by atoms with Gasteiger partial charge in [-0.15, -0.1) is 0 Å². The number of carbonyl (C=O) groups excluding carboxylic acids is 2. The summed E-state index contributed by atoms with van der Waals surface area (Å²) < 4.78 is 4.81. The summed E-state index contributed by atoms with van der Waals surface area (Å²) >= 11 is 0. The molecule has 0 radical (unpaired) electrons. The summed E-state index contributed by atoms with van der Waals surface area (Å²) in [4.78, 5) is 28.9. The van der Waals surface area contributed by atoms with Crippen LogP contribution in [-0.2, 0) is 19.2 Å². The van der Waals surface area contributed by atoms with E-state index in [1.165, 1.54) is 19.3 Å². The first-order chi connectivity index (χ1) is 8.15. The van der Waals surface area contributed by atoms with E-state index >= 15 is 0 Å². The molecule has 0 aromatic carbocycles. The van der Waals surface area contributed by atoms with Crippen molar-refractivity contribution in [3.8, 4) is 0 Å².